The average Bonchev–Trinajstić information content (AvgIpc) is 3.05. The summed E-state index contributed by atoms with van der Waals surface area (Å²) in [6, 6.07) is 1.34. The van der Waals surface area contributed by atoms with Crippen LogP contribution in [0.5, 0.6) is 0 Å². The van der Waals surface area contributed by atoms with Crippen molar-refractivity contribution in [1.29, 1.82) is 0 Å². The van der Waals surface area contributed by atoms with Gasteiger partial charge in [-0.2, -0.15) is 0 Å². The third-order valence-electron chi connectivity index (χ3n) is 5.19. The van der Waals surface area contributed by atoms with Crippen LogP contribution in [-0.4, -0.2) is 35.9 Å². The Kier molecular flexibility index (Phi) is 5.05. The number of rotatable bonds is 6. The molecule has 2 fully saturated rings. The summed E-state index contributed by atoms with van der Waals surface area (Å²) >= 11 is 0. The van der Waals surface area contributed by atoms with Crippen LogP contribution in [0.4, 0.5) is 0 Å². The van der Waals surface area contributed by atoms with E-state index < -0.39 is 5.60 Å². The van der Waals surface area contributed by atoms with Crippen molar-refractivity contribution in [3.8, 4) is 0 Å². The van der Waals surface area contributed by atoms with Gasteiger partial charge < -0.3 is 15.7 Å². The molecule has 3 nitrogen and oxygen atoms in total. The predicted octanol–water partition coefficient (Wildman–Crippen LogP) is 2.05. The highest BCUT2D eigenvalue weighted by Gasteiger charge is 2.35. The summed E-state index contributed by atoms with van der Waals surface area (Å²) in [5, 5.41) is 17.7. The van der Waals surface area contributed by atoms with E-state index in [4.69, 9.17) is 0 Å². The first-order valence-corrected chi connectivity index (χ1v) is 7.87. The van der Waals surface area contributed by atoms with Crippen LogP contribution < -0.4 is 10.6 Å². The van der Waals surface area contributed by atoms with E-state index in [1.807, 2.05) is 0 Å². The smallest absolute Gasteiger partial charge is 0.0766 e. The Balaban J connectivity index is 1.84. The maximum absolute atomic E-state index is 10.4. The Hall–Kier alpha value is -0.120. The summed E-state index contributed by atoms with van der Waals surface area (Å²) in [6.07, 6.45) is 8.34. The van der Waals surface area contributed by atoms with Crippen molar-refractivity contribution < 1.29 is 5.11 Å². The summed E-state index contributed by atoms with van der Waals surface area (Å²) < 4.78 is 0. The quantitative estimate of drug-likeness (QED) is 0.680. The lowest BCUT2D eigenvalue weighted by molar-refractivity contribution is 0.0281. The van der Waals surface area contributed by atoms with Crippen molar-refractivity contribution >= 4 is 0 Å². The molecule has 0 aromatic carbocycles. The third kappa shape index (κ3) is 3.25. The zero-order valence-electron chi connectivity index (χ0n) is 12.0. The Labute approximate surface area is 112 Å². The van der Waals surface area contributed by atoms with Crippen LogP contribution in [0, 0.1) is 5.92 Å². The SMILES string of the molecule is CCC(O)(CC)CNC1CCCC1C1CCCN1. The van der Waals surface area contributed by atoms with Crippen molar-refractivity contribution in [3.63, 3.8) is 0 Å². The topological polar surface area (TPSA) is 44.3 Å². The van der Waals surface area contributed by atoms with Crippen LogP contribution in [0.2, 0.25) is 0 Å². The molecule has 0 amide bonds. The molecular weight excluding hydrogens is 224 g/mol. The second-order valence-electron chi connectivity index (χ2n) is 6.22. The maximum atomic E-state index is 10.4. The van der Waals surface area contributed by atoms with Gasteiger partial charge in [0.1, 0.15) is 0 Å². The van der Waals surface area contributed by atoms with Crippen LogP contribution in [0.1, 0.15) is 58.8 Å². The van der Waals surface area contributed by atoms with Gasteiger partial charge in [-0.3, -0.25) is 0 Å². The van der Waals surface area contributed by atoms with E-state index in [0.717, 1.165) is 31.3 Å². The minimum atomic E-state index is -0.504. The summed E-state index contributed by atoms with van der Waals surface area (Å²) in [7, 11) is 0. The van der Waals surface area contributed by atoms with Crippen molar-refractivity contribution in [2.75, 3.05) is 13.1 Å². The largest absolute Gasteiger partial charge is 0.389 e. The van der Waals surface area contributed by atoms with Crippen LogP contribution in [0.15, 0.2) is 0 Å². The van der Waals surface area contributed by atoms with Crippen molar-refractivity contribution in [2.24, 2.45) is 5.92 Å². The first kappa shape index (κ1) is 14.3. The zero-order valence-corrected chi connectivity index (χ0v) is 12.0. The van der Waals surface area contributed by atoms with Gasteiger partial charge in [0, 0.05) is 18.6 Å². The van der Waals surface area contributed by atoms with Gasteiger partial charge in [0.15, 0.2) is 0 Å². The molecule has 1 saturated heterocycles. The highest BCUT2D eigenvalue weighted by molar-refractivity contribution is 4.94. The van der Waals surface area contributed by atoms with E-state index in [2.05, 4.69) is 24.5 Å². The van der Waals surface area contributed by atoms with Gasteiger partial charge in [0.05, 0.1) is 5.60 Å². The Morgan fingerprint density at radius 3 is 2.56 bits per heavy atom. The highest BCUT2D eigenvalue weighted by Crippen LogP contribution is 2.32. The summed E-state index contributed by atoms with van der Waals surface area (Å²) in [4.78, 5) is 0. The average molecular weight is 254 g/mol. The minimum absolute atomic E-state index is 0.504. The molecule has 0 bridgehead atoms. The van der Waals surface area contributed by atoms with E-state index >= 15 is 0 Å². The van der Waals surface area contributed by atoms with Gasteiger partial charge in [-0.15, -0.1) is 0 Å². The third-order valence-corrected chi connectivity index (χ3v) is 5.19. The van der Waals surface area contributed by atoms with E-state index in [-0.39, 0.29) is 0 Å². The molecule has 3 atom stereocenters. The van der Waals surface area contributed by atoms with Crippen molar-refractivity contribution in [2.45, 2.75) is 76.5 Å². The fraction of sp³-hybridized carbons (Fsp3) is 1.00. The molecule has 1 aliphatic carbocycles. The first-order chi connectivity index (χ1) is 8.68. The van der Waals surface area contributed by atoms with E-state index in [9.17, 15) is 5.11 Å². The fourth-order valence-corrected chi connectivity index (χ4v) is 3.62. The van der Waals surface area contributed by atoms with E-state index in [0.29, 0.717) is 6.04 Å². The Morgan fingerprint density at radius 1 is 1.17 bits per heavy atom. The second-order valence-corrected chi connectivity index (χ2v) is 6.22. The molecule has 0 aromatic heterocycles. The van der Waals surface area contributed by atoms with Crippen molar-refractivity contribution in [3.05, 3.63) is 0 Å². The minimum Gasteiger partial charge on any atom is -0.389 e. The standard InChI is InChI=1S/C15H30N2O/c1-3-15(18,4-2)11-17-14-8-5-7-12(14)13-9-6-10-16-13/h12-14,16-18H,3-11H2,1-2H3. The lowest BCUT2D eigenvalue weighted by Crippen LogP contribution is -2.48. The van der Waals surface area contributed by atoms with E-state index in [1.165, 1.54) is 38.6 Å². The van der Waals surface area contributed by atoms with Crippen LogP contribution >= 0.6 is 0 Å². The van der Waals surface area contributed by atoms with Gasteiger partial charge in [-0.25, -0.2) is 0 Å². The lowest BCUT2D eigenvalue weighted by Gasteiger charge is -2.31. The monoisotopic (exact) mass is 254 g/mol. The first-order valence-electron chi connectivity index (χ1n) is 7.87. The lowest BCUT2D eigenvalue weighted by atomic mass is 9.91. The second kappa shape index (κ2) is 6.36. The highest BCUT2D eigenvalue weighted by atomic mass is 16.3. The molecule has 1 aliphatic heterocycles. The molecule has 0 spiro atoms. The van der Waals surface area contributed by atoms with Crippen LogP contribution in [0.25, 0.3) is 0 Å². The molecule has 1 heterocycles. The van der Waals surface area contributed by atoms with Crippen LogP contribution in [-0.2, 0) is 0 Å². The molecule has 2 rings (SSSR count). The Bertz CT molecular complexity index is 247. The molecule has 106 valence electrons. The molecule has 3 heteroatoms. The van der Waals surface area contributed by atoms with Gasteiger partial charge in [-0.1, -0.05) is 20.3 Å². The van der Waals surface area contributed by atoms with Gasteiger partial charge in [0.25, 0.3) is 0 Å². The summed E-state index contributed by atoms with van der Waals surface area (Å²) in [5.74, 6) is 0.783. The number of hydrogen-bond donors (Lipinski definition) is 3. The molecule has 18 heavy (non-hydrogen) atoms. The number of aliphatic hydroxyl groups is 1. The Morgan fingerprint density at radius 2 is 1.94 bits per heavy atom. The molecule has 3 N–H and O–H groups in total. The zero-order chi connectivity index (χ0) is 13.0. The summed E-state index contributed by atoms with van der Waals surface area (Å²) in [6.45, 7) is 6.11. The number of hydrogen-bond acceptors (Lipinski definition) is 3. The predicted molar refractivity (Wildman–Crippen MR) is 75.7 cm³/mol. The van der Waals surface area contributed by atoms with Gasteiger partial charge in [0.2, 0.25) is 0 Å². The van der Waals surface area contributed by atoms with Gasteiger partial charge in [-0.05, 0) is 51.0 Å². The van der Waals surface area contributed by atoms with Crippen molar-refractivity contribution in [1.82, 2.24) is 10.6 Å². The summed E-state index contributed by atoms with van der Waals surface area (Å²) in [5.41, 5.74) is -0.504. The molecule has 2 aliphatic rings. The fourth-order valence-electron chi connectivity index (χ4n) is 3.62. The van der Waals surface area contributed by atoms with Gasteiger partial charge >= 0.3 is 0 Å². The number of nitrogens with one attached hydrogen (secondary N) is 2. The van der Waals surface area contributed by atoms with Crippen LogP contribution in [0.3, 0.4) is 0 Å². The molecule has 0 radical (unpaired) electrons. The molecule has 1 saturated carbocycles. The molecule has 0 aromatic rings. The normalized spacial score (nSPS) is 33.2. The maximum Gasteiger partial charge on any atom is 0.0766 e. The van der Waals surface area contributed by atoms with E-state index in [1.54, 1.807) is 0 Å². The molecular formula is C15H30N2O. The molecule has 3 unspecified atom stereocenters.